The molecule has 0 fully saturated rings. The molecule has 0 spiro atoms. The Balaban J connectivity index is 2.60. The fraction of sp³-hybridized carbons (Fsp3) is 0.733. The van der Waals surface area contributed by atoms with E-state index < -0.39 is 0 Å². The van der Waals surface area contributed by atoms with Gasteiger partial charge in [0.05, 0.1) is 6.61 Å². The fourth-order valence-corrected chi connectivity index (χ4v) is 1.74. The van der Waals surface area contributed by atoms with Gasteiger partial charge >= 0.3 is 0 Å². The normalized spacial score (nSPS) is 10.6. The third kappa shape index (κ3) is 6.70. The van der Waals surface area contributed by atoms with Gasteiger partial charge < -0.3 is 14.8 Å². The number of hydrogen-bond acceptors (Lipinski definition) is 5. The Morgan fingerprint density at radius 2 is 1.90 bits per heavy atom. The van der Waals surface area contributed by atoms with Crippen molar-refractivity contribution in [3.8, 4) is 5.88 Å². The summed E-state index contributed by atoms with van der Waals surface area (Å²) in [7, 11) is 1.64. The molecular formula is C15H27N3O2. The van der Waals surface area contributed by atoms with E-state index in [0.717, 1.165) is 31.6 Å². The first-order valence-electron chi connectivity index (χ1n) is 7.53. The monoisotopic (exact) mass is 281 g/mol. The first-order valence-corrected chi connectivity index (χ1v) is 7.53. The van der Waals surface area contributed by atoms with Crippen molar-refractivity contribution in [2.45, 2.75) is 52.6 Å². The molecule has 0 saturated carbocycles. The van der Waals surface area contributed by atoms with Gasteiger partial charge in [0.25, 0.3) is 0 Å². The summed E-state index contributed by atoms with van der Waals surface area (Å²) in [6.45, 7) is 6.34. The van der Waals surface area contributed by atoms with Crippen LogP contribution in [0.4, 0.5) is 5.82 Å². The van der Waals surface area contributed by atoms with Crippen molar-refractivity contribution in [1.82, 2.24) is 9.97 Å². The van der Waals surface area contributed by atoms with E-state index in [1.54, 1.807) is 7.11 Å². The molecule has 1 heterocycles. The minimum absolute atomic E-state index is 0.397. The molecule has 0 saturated heterocycles. The third-order valence-corrected chi connectivity index (χ3v) is 2.86. The van der Waals surface area contributed by atoms with Gasteiger partial charge in [-0.2, -0.15) is 4.98 Å². The zero-order valence-corrected chi connectivity index (χ0v) is 12.9. The molecule has 0 amide bonds. The molecule has 0 bridgehead atoms. The van der Waals surface area contributed by atoms with Gasteiger partial charge in [0.15, 0.2) is 5.82 Å². The predicted octanol–water partition coefficient (Wildman–Crippen LogP) is 3.40. The van der Waals surface area contributed by atoms with Crippen molar-refractivity contribution >= 4 is 5.82 Å². The van der Waals surface area contributed by atoms with Crippen LogP contribution in [0.2, 0.25) is 0 Å². The van der Waals surface area contributed by atoms with Gasteiger partial charge in [-0.25, -0.2) is 4.98 Å². The first kappa shape index (κ1) is 16.7. The number of rotatable bonds is 11. The summed E-state index contributed by atoms with van der Waals surface area (Å²) >= 11 is 0. The lowest BCUT2D eigenvalue weighted by Crippen LogP contribution is -2.08. The summed E-state index contributed by atoms with van der Waals surface area (Å²) in [5.74, 6) is 2.09. The average molecular weight is 281 g/mol. The van der Waals surface area contributed by atoms with Crippen LogP contribution >= 0.6 is 0 Å². The van der Waals surface area contributed by atoms with Crippen LogP contribution in [0.3, 0.4) is 0 Å². The molecule has 0 aromatic carbocycles. The van der Waals surface area contributed by atoms with E-state index in [0.29, 0.717) is 24.9 Å². The molecule has 5 heteroatoms. The van der Waals surface area contributed by atoms with Crippen LogP contribution in [0.1, 0.15) is 51.8 Å². The van der Waals surface area contributed by atoms with Crippen molar-refractivity contribution in [2.75, 3.05) is 25.6 Å². The molecule has 0 aliphatic heterocycles. The molecule has 1 aromatic rings. The standard InChI is InChI=1S/C15H27N3O2/c1-4-6-8-9-16-13-11-15(20-10-7-5-2)18-14(17-13)12-19-3/h11H,4-10,12H2,1-3H3,(H,16,17,18). The predicted molar refractivity (Wildman–Crippen MR) is 81.2 cm³/mol. The Kier molecular flexibility index (Phi) is 8.71. The van der Waals surface area contributed by atoms with Crippen molar-refractivity contribution in [2.24, 2.45) is 0 Å². The second-order valence-corrected chi connectivity index (χ2v) is 4.78. The van der Waals surface area contributed by atoms with E-state index in [-0.39, 0.29) is 0 Å². The Morgan fingerprint density at radius 3 is 2.60 bits per heavy atom. The number of aromatic nitrogens is 2. The molecule has 0 radical (unpaired) electrons. The topological polar surface area (TPSA) is 56.3 Å². The van der Waals surface area contributed by atoms with Crippen LogP contribution in [-0.2, 0) is 11.3 Å². The highest BCUT2D eigenvalue weighted by molar-refractivity contribution is 5.38. The second kappa shape index (κ2) is 10.4. The highest BCUT2D eigenvalue weighted by Crippen LogP contribution is 2.15. The summed E-state index contributed by atoms with van der Waals surface area (Å²) in [5, 5.41) is 3.32. The van der Waals surface area contributed by atoms with Crippen LogP contribution in [0.15, 0.2) is 6.07 Å². The SMILES string of the molecule is CCCCCNc1cc(OCCCC)nc(COC)n1. The van der Waals surface area contributed by atoms with Gasteiger partial charge in [-0.3, -0.25) is 0 Å². The lowest BCUT2D eigenvalue weighted by Gasteiger charge is -2.10. The van der Waals surface area contributed by atoms with Gasteiger partial charge in [0.1, 0.15) is 12.4 Å². The minimum Gasteiger partial charge on any atom is -0.478 e. The maximum absolute atomic E-state index is 5.65. The highest BCUT2D eigenvalue weighted by atomic mass is 16.5. The number of hydrogen-bond donors (Lipinski definition) is 1. The molecule has 1 aromatic heterocycles. The van der Waals surface area contributed by atoms with Gasteiger partial charge in [-0.15, -0.1) is 0 Å². The largest absolute Gasteiger partial charge is 0.478 e. The average Bonchev–Trinajstić information content (AvgIpc) is 2.44. The number of anilines is 1. The Hall–Kier alpha value is -1.36. The van der Waals surface area contributed by atoms with E-state index in [1.807, 2.05) is 6.07 Å². The molecular weight excluding hydrogens is 254 g/mol. The molecule has 1 rings (SSSR count). The van der Waals surface area contributed by atoms with E-state index in [4.69, 9.17) is 9.47 Å². The maximum Gasteiger partial charge on any atom is 0.218 e. The lowest BCUT2D eigenvalue weighted by molar-refractivity contribution is 0.176. The minimum atomic E-state index is 0.397. The molecule has 1 N–H and O–H groups in total. The van der Waals surface area contributed by atoms with Gasteiger partial charge in [-0.05, 0) is 12.8 Å². The van der Waals surface area contributed by atoms with Crippen molar-refractivity contribution < 1.29 is 9.47 Å². The highest BCUT2D eigenvalue weighted by Gasteiger charge is 2.05. The fourth-order valence-electron chi connectivity index (χ4n) is 1.74. The zero-order valence-electron chi connectivity index (χ0n) is 12.9. The van der Waals surface area contributed by atoms with Crippen molar-refractivity contribution in [3.63, 3.8) is 0 Å². The zero-order chi connectivity index (χ0) is 14.6. The molecule has 0 aliphatic rings. The summed E-state index contributed by atoms with van der Waals surface area (Å²) in [6, 6.07) is 1.86. The molecule has 0 aliphatic carbocycles. The van der Waals surface area contributed by atoms with Gasteiger partial charge in [0.2, 0.25) is 5.88 Å². The maximum atomic E-state index is 5.65. The number of methoxy groups -OCH3 is 1. The summed E-state index contributed by atoms with van der Waals surface area (Å²) < 4.78 is 10.8. The third-order valence-electron chi connectivity index (χ3n) is 2.86. The second-order valence-electron chi connectivity index (χ2n) is 4.78. The lowest BCUT2D eigenvalue weighted by atomic mass is 10.2. The molecule has 0 unspecified atom stereocenters. The van der Waals surface area contributed by atoms with E-state index in [2.05, 4.69) is 29.1 Å². The van der Waals surface area contributed by atoms with Crippen LogP contribution in [0.25, 0.3) is 0 Å². The molecule has 5 nitrogen and oxygen atoms in total. The van der Waals surface area contributed by atoms with Crippen LogP contribution in [0.5, 0.6) is 5.88 Å². The van der Waals surface area contributed by atoms with E-state index >= 15 is 0 Å². The molecule has 20 heavy (non-hydrogen) atoms. The molecule has 114 valence electrons. The summed E-state index contributed by atoms with van der Waals surface area (Å²) in [5.41, 5.74) is 0. The Bertz CT molecular complexity index is 372. The van der Waals surface area contributed by atoms with Crippen molar-refractivity contribution in [1.29, 1.82) is 0 Å². The van der Waals surface area contributed by atoms with E-state index in [1.165, 1.54) is 12.8 Å². The Morgan fingerprint density at radius 1 is 1.10 bits per heavy atom. The number of nitrogens with zero attached hydrogens (tertiary/aromatic N) is 2. The van der Waals surface area contributed by atoms with Crippen LogP contribution in [0, 0.1) is 0 Å². The quantitative estimate of drug-likeness (QED) is 0.630. The summed E-state index contributed by atoms with van der Waals surface area (Å²) in [4.78, 5) is 8.76. The van der Waals surface area contributed by atoms with Crippen LogP contribution < -0.4 is 10.1 Å². The molecule has 0 atom stereocenters. The number of nitrogens with one attached hydrogen (secondary N) is 1. The summed E-state index contributed by atoms with van der Waals surface area (Å²) in [6.07, 6.45) is 5.72. The van der Waals surface area contributed by atoms with Gasteiger partial charge in [-0.1, -0.05) is 33.1 Å². The Labute approximate surface area is 122 Å². The van der Waals surface area contributed by atoms with Crippen LogP contribution in [-0.4, -0.2) is 30.2 Å². The smallest absolute Gasteiger partial charge is 0.218 e. The number of ether oxygens (including phenoxy) is 2. The first-order chi connectivity index (χ1) is 9.80. The number of unbranched alkanes of at least 4 members (excludes halogenated alkanes) is 3. The van der Waals surface area contributed by atoms with Gasteiger partial charge in [0, 0.05) is 19.7 Å². The van der Waals surface area contributed by atoms with E-state index in [9.17, 15) is 0 Å². The van der Waals surface area contributed by atoms with Crippen molar-refractivity contribution in [3.05, 3.63) is 11.9 Å².